The Morgan fingerprint density at radius 2 is 1.07 bits per heavy atom. The van der Waals surface area contributed by atoms with Gasteiger partial charge in [0.1, 0.15) is 0 Å². The number of hydrogen-bond acceptors (Lipinski definition) is 5. The molecule has 7 aromatic carbocycles. The van der Waals surface area contributed by atoms with Crippen LogP contribution in [0.15, 0.2) is 195 Å². The molecule has 0 aliphatic carbocycles. The standard InChI is InChI=1S/C65H46N5.Ir/c1-44-13-32-64(70-43-44)54-30-31-60(61(40-54)55-35-45(2)65(57(39-55)42-67)53-28-22-48(41-66)23-29-53)59-10-4-3-9-58(59)56-37-49(16-14-46-18-24-51(25-19-46)62-11-5-7-33-68-62)36-50(38-56)17-15-47-20-26-52(27-21-47)63-12-6-8-34-69-63;/h3-13,18-24,26,28-29,31-40,43H,14-17H2,1-2H3;/q-3;+3/i1D3;. The number of aromatic nitrogens is 3. The van der Waals surface area contributed by atoms with E-state index in [4.69, 9.17) is 4.11 Å². The molecule has 0 amide bonds. The zero-order valence-corrected chi connectivity index (χ0v) is 41.3. The first kappa shape index (κ1) is 43.9. The summed E-state index contributed by atoms with van der Waals surface area (Å²) in [5.41, 5.74) is 19.2. The summed E-state index contributed by atoms with van der Waals surface area (Å²) in [6.45, 7) is -0.286. The van der Waals surface area contributed by atoms with E-state index in [0.717, 1.165) is 98.3 Å². The maximum atomic E-state index is 10.7. The van der Waals surface area contributed by atoms with Crippen LogP contribution in [0.1, 0.15) is 48.6 Å². The van der Waals surface area contributed by atoms with Crippen molar-refractivity contribution in [1.82, 2.24) is 15.0 Å². The second-order valence-electron chi connectivity index (χ2n) is 17.4. The molecular weight excluding hydrogens is 1040 g/mol. The van der Waals surface area contributed by atoms with E-state index < -0.39 is 6.85 Å². The van der Waals surface area contributed by atoms with Crippen LogP contribution in [0, 0.1) is 54.6 Å². The number of nitriles is 2. The minimum absolute atomic E-state index is 0. The first-order valence-electron chi connectivity index (χ1n) is 24.7. The van der Waals surface area contributed by atoms with Crippen LogP contribution in [0.4, 0.5) is 0 Å². The molecule has 3 heterocycles. The average molecular weight is 1090 g/mol. The van der Waals surface area contributed by atoms with Crippen LogP contribution in [0.5, 0.6) is 0 Å². The molecular formula is C65H46IrN5. The first-order valence-corrected chi connectivity index (χ1v) is 23.2. The maximum Gasteiger partial charge on any atom is 3.00 e. The summed E-state index contributed by atoms with van der Waals surface area (Å²) in [5.74, 6) is 0. The molecule has 0 fully saturated rings. The Balaban J connectivity index is 0.00000672. The minimum atomic E-state index is -2.29. The molecule has 10 aromatic rings. The van der Waals surface area contributed by atoms with Crippen LogP contribution in [0.2, 0.25) is 0 Å². The average Bonchev–Trinajstić information content (AvgIpc) is 3.44. The fourth-order valence-electron chi connectivity index (χ4n) is 9.12. The van der Waals surface area contributed by atoms with E-state index in [2.05, 4.69) is 124 Å². The van der Waals surface area contributed by atoms with E-state index >= 15 is 0 Å². The van der Waals surface area contributed by atoms with Crippen molar-refractivity contribution in [1.29, 1.82) is 10.5 Å². The molecule has 0 saturated heterocycles. The van der Waals surface area contributed by atoms with Crippen LogP contribution in [-0.2, 0) is 45.8 Å². The van der Waals surface area contributed by atoms with E-state index in [-0.39, 0.29) is 25.7 Å². The molecule has 0 saturated carbocycles. The van der Waals surface area contributed by atoms with E-state index in [1.165, 1.54) is 28.5 Å². The van der Waals surface area contributed by atoms with Gasteiger partial charge in [0.05, 0.1) is 23.3 Å². The quantitative estimate of drug-likeness (QED) is 0.107. The van der Waals surface area contributed by atoms with Crippen molar-refractivity contribution in [3.05, 3.63) is 257 Å². The van der Waals surface area contributed by atoms with E-state index in [1.54, 1.807) is 36.7 Å². The third-order valence-corrected chi connectivity index (χ3v) is 12.7. The van der Waals surface area contributed by atoms with Gasteiger partial charge in [-0.25, -0.2) is 0 Å². The third-order valence-electron chi connectivity index (χ3n) is 12.7. The van der Waals surface area contributed by atoms with Gasteiger partial charge < -0.3 is 15.0 Å². The van der Waals surface area contributed by atoms with Crippen molar-refractivity contribution >= 4 is 0 Å². The Bertz CT molecular complexity index is 3550. The van der Waals surface area contributed by atoms with E-state index in [0.29, 0.717) is 22.4 Å². The van der Waals surface area contributed by atoms with Crippen LogP contribution in [-0.4, -0.2) is 15.0 Å². The number of rotatable bonds is 13. The molecule has 3 aromatic heterocycles. The van der Waals surface area contributed by atoms with Gasteiger partial charge in [0, 0.05) is 28.3 Å². The molecule has 0 aliphatic rings. The minimum Gasteiger partial charge on any atom is -0.305 e. The number of pyridine rings is 3. The Kier molecular flexibility index (Phi) is 13.5. The Hall–Kier alpha value is -8.38. The molecule has 0 bridgehead atoms. The van der Waals surface area contributed by atoms with Gasteiger partial charge in [-0.2, -0.15) is 10.5 Å². The molecule has 6 heteroatoms. The summed E-state index contributed by atoms with van der Waals surface area (Å²) in [6, 6.07) is 73.6. The van der Waals surface area contributed by atoms with Crippen molar-refractivity contribution in [3.63, 3.8) is 0 Å². The fourth-order valence-corrected chi connectivity index (χ4v) is 9.12. The third kappa shape index (κ3) is 10.9. The van der Waals surface area contributed by atoms with Crippen molar-refractivity contribution in [2.75, 3.05) is 0 Å². The van der Waals surface area contributed by atoms with Gasteiger partial charge in [0.25, 0.3) is 0 Å². The maximum absolute atomic E-state index is 10.7. The van der Waals surface area contributed by atoms with Gasteiger partial charge >= 0.3 is 20.1 Å². The summed E-state index contributed by atoms with van der Waals surface area (Å²) in [7, 11) is 0. The monoisotopic (exact) mass is 1090 g/mol. The summed E-state index contributed by atoms with van der Waals surface area (Å²) in [4.78, 5) is 13.6. The molecule has 0 spiro atoms. The summed E-state index contributed by atoms with van der Waals surface area (Å²) in [6.07, 6.45) is 8.29. The number of aryl methyl sites for hydroxylation is 6. The molecule has 0 atom stereocenters. The van der Waals surface area contributed by atoms with Crippen LogP contribution in [0.25, 0.3) is 78.3 Å². The van der Waals surface area contributed by atoms with E-state index in [1.807, 2.05) is 79.7 Å². The normalized spacial score (nSPS) is 11.6. The summed E-state index contributed by atoms with van der Waals surface area (Å²) >= 11 is 0. The van der Waals surface area contributed by atoms with Crippen molar-refractivity contribution in [2.24, 2.45) is 0 Å². The van der Waals surface area contributed by atoms with Crippen molar-refractivity contribution in [2.45, 2.75) is 39.5 Å². The number of benzene rings is 7. The zero-order valence-electron chi connectivity index (χ0n) is 41.9. The van der Waals surface area contributed by atoms with Gasteiger partial charge in [-0.05, 0) is 119 Å². The van der Waals surface area contributed by atoms with Crippen LogP contribution in [0.3, 0.4) is 0 Å². The molecule has 0 radical (unpaired) electrons. The van der Waals surface area contributed by atoms with Gasteiger partial charge in [-0.3, -0.25) is 0 Å². The van der Waals surface area contributed by atoms with E-state index in [9.17, 15) is 10.5 Å². The second-order valence-corrected chi connectivity index (χ2v) is 17.4. The molecule has 0 N–H and O–H groups in total. The molecule has 0 aliphatic heterocycles. The van der Waals surface area contributed by atoms with Crippen LogP contribution >= 0.6 is 0 Å². The van der Waals surface area contributed by atoms with Crippen LogP contribution < -0.4 is 0 Å². The largest absolute Gasteiger partial charge is 3.00 e. The number of hydrogen-bond donors (Lipinski definition) is 0. The number of nitrogens with zero attached hydrogens (tertiary/aromatic N) is 5. The Morgan fingerprint density at radius 3 is 1.62 bits per heavy atom. The Labute approximate surface area is 434 Å². The first-order chi connectivity index (χ1) is 35.6. The van der Waals surface area contributed by atoms with Gasteiger partial charge in [-0.15, -0.1) is 94.5 Å². The van der Waals surface area contributed by atoms with Crippen molar-refractivity contribution in [3.8, 4) is 90.4 Å². The summed E-state index contributed by atoms with van der Waals surface area (Å²) in [5, 5.41) is 20.2. The summed E-state index contributed by atoms with van der Waals surface area (Å²) < 4.78 is 23.8. The predicted octanol–water partition coefficient (Wildman–Crippen LogP) is 14.9. The molecule has 5 nitrogen and oxygen atoms in total. The molecule has 71 heavy (non-hydrogen) atoms. The predicted molar refractivity (Wildman–Crippen MR) is 281 cm³/mol. The van der Waals surface area contributed by atoms with Gasteiger partial charge in [0.2, 0.25) is 0 Å². The second kappa shape index (κ2) is 21.9. The smallest absolute Gasteiger partial charge is 0.305 e. The zero-order chi connectivity index (χ0) is 50.3. The Morgan fingerprint density at radius 1 is 0.479 bits per heavy atom. The van der Waals surface area contributed by atoms with Gasteiger partial charge in [0.15, 0.2) is 0 Å². The molecule has 340 valence electrons. The topological polar surface area (TPSA) is 86.2 Å². The van der Waals surface area contributed by atoms with Crippen molar-refractivity contribution < 1.29 is 24.2 Å². The fraction of sp³-hybridized carbons (Fsp3) is 0.0923. The molecule has 0 unspecified atom stereocenters. The van der Waals surface area contributed by atoms with Gasteiger partial charge in [-0.1, -0.05) is 127 Å². The SMILES string of the molecule is [2H]C([2H])([2H])c1ccc(-c2[c-]cc(-c3ccccc3-c3cc(CCc4c[c-]c(-c5ccccn5)cc4)cc(CCc4c[c-]c(-c5ccccn5)cc4)c3)c(-c3cc(C)c(-c4ccc(C#N)cc4)c(C#N)c3)c2)nc1.[Ir+3]. The molecule has 10 rings (SSSR count).